The van der Waals surface area contributed by atoms with E-state index in [1.165, 1.54) is 16.9 Å². The van der Waals surface area contributed by atoms with Gasteiger partial charge in [-0.1, -0.05) is 16.8 Å². The van der Waals surface area contributed by atoms with E-state index in [-0.39, 0.29) is 35.6 Å². The Morgan fingerprint density at radius 3 is 2.86 bits per heavy atom. The molecule has 0 aliphatic carbocycles. The van der Waals surface area contributed by atoms with Crippen molar-refractivity contribution < 1.29 is 9.21 Å². The van der Waals surface area contributed by atoms with Gasteiger partial charge >= 0.3 is 0 Å². The lowest BCUT2D eigenvalue weighted by Gasteiger charge is -2.17. The Balaban J connectivity index is 2.09. The van der Waals surface area contributed by atoms with Crippen LogP contribution in [0.4, 0.5) is 11.5 Å². The molecule has 146 valence electrons. The van der Waals surface area contributed by atoms with Gasteiger partial charge in [-0.25, -0.2) is 0 Å². The first-order valence-corrected chi connectivity index (χ1v) is 9.79. The molecule has 0 fully saturated rings. The summed E-state index contributed by atoms with van der Waals surface area (Å²) < 4.78 is 7.73. The topological polar surface area (TPSA) is 106 Å². The van der Waals surface area contributed by atoms with E-state index >= 15 is 0 Å². The molecule has 2 N–H and O–H groups in total. The van der Waals surface area contributed by atoms with E-state index in [9.17, 15) is 14.5 Å². The van der Waals surface area contributed by atoms with Gasteiger partial charge in [-0.3, -0.25) is 14.2 Å². The number of carbonyl (C=O) groups excluding carboxylic acids is 1. The third-order valence-electron chi connectivity index (χ3n) is 4.12. The lowest BCUT2D eigenvalue weighted by Crippen LogP contribution is -2.29. The number of furan rings is 1. The summed E-state index contributed by atoms with van der Waals surface area (Å²) in [5.41, 5.74) is 0.589. The summed E-state index contributed by atoms with van der Waals surface area (Å²) in [5, 5.41) is 9.31. The van der Waals surface area contributed by atoms with Gasteiger partial charge in [0.15, 0.2) is 5.58 Å². The molecule has 0 aliphatic heterocycles. The predicted octanol–water partition coefficient (Wildman–Crippen LogP) is 4.02. The molecule has 0 aliphatic rings. The summed E-state index contributed by atoms with van der Waals surface area (Å²) >= 11 is 8.44. The highest BCUT2D eigenvalue weighted by Crippen LogP contribution is 2.31. The number of amides is 1. The molecule has 0 saturated heterocycles. The zero-order valence-corrected chi connectivity index (χ0v) is 17.7. The summed E-state index contributed by atoms with van der Waals surface area (Å²) in [7, 11) is 1.56. The van der Waals surface area contributed by atoms with Gasteiger partial charge in [0.25, 0.3) is 11.5 Å². The van der Waals surface area contributed by atoms with Gasteiger partial charge in [-0.2, -0.15) is 4.91 Å². The number of anilines is 2. The first-order chi connectivity index (χ1) is 13.4. The fraction of sp³-hybridized carbons (Fsp3) is 0.222. The van der Waals surface area contributed by atoms with Gasteiger partial charge in [0, 0.05) is 17.2 Å². The maximum atomic E-state index is 12.9. The van der Waals surface area contributed by atoms with Crippen molar-refractivity contribution in [3.8, 4) is 0 Å². The van der Waals surface area contributed by atoms with Gasteiger partial charge in [-0.15, -0.1) is 0 Å². The number of rotatable bonds is 7. The van der Waals surface area contributed by atoms with Crippen molar-refractivity contribution in [2.75, 3.05) is 18.4 Å². The zero-order chi connectivity index (χ0) is 20.3. The lowest BCUT2D eigenvalue weighted by atomic mass is 10.1. The number of carbonyl (C=O) groups is 1. The summed E-state index contributed by atoms with van der Waals surface area (Å²) in [4.78, 5) is 35.7. The molecule has 0 spiro atoms. The van der Waals surface area contributed by atoms with E-state index in [0.29, 0.717) is 22.5 Å². The van der Waals surface area contributed by atoms with E-state index < -0.39 is 5.91 Å². The van der Waals surface area contributed by atoms with Gasteiger partial charge in [0.2, 0.25) is 0 Å². The SMILES string of the molecule is Cn1c(Nc2ccc(I)cc2Cl)c(C(=O)NCCCN=O)c2occc2c1=O. The molecule has 0 bridgehead atoms. The van der Waals surface area contributed by atoms with Gasteiger partial charge in [-0.05, 0) is 53.3 Å². The molecule has 2 aromatic heterocycles. The van der Waals surface area contributed by atoms with Crippen molar-refractivity contribution in [2.24, 2.45) is 12.2 Å². The molecule has 8 nitrogen and oxygen atoms in total. The number of hydrogen-bond donors (Lipinski definition) is 2. The Kier molecular flexibility index (Phi) is 6.35. The maximum absolute atomic E-state index is 12.9. The Morgan fingerprint density at radius 2 is 2.14 bits per heavy atom. The second-order valence-corrected chi connectivity index (χ2v) is 7.62. The van der Waals surface area contributed by atoms with Crippen LogP contribution in [0.15, 0.2) is 44.9 Å². The molecule has 1 amide bonds. The van der Waals surface area contributed by atoms with Crippen LogP contribution in [0.2, 0.25) is 5.02 Å². The van der Waals surface area contributed by atoms with Crippen LogP contribution in [-0.4, -0.2) is 23.6 Å². The molecule has 0 atom stereocenters. The van der Waals surface area contributed by atoms with Crippen molar-refractivity contribution in [2.45, 2.75) is 6.42 Å². The standard InChI is InChI=1S/C18H16ClIN4O4/c1-24-16(23-13-4-3-10(20)9-12(13)19)14(17(25)21-6-2-7-22-27)15-11(18(24)26)5-8-28-15/h3-5,8-9,23H,2,6-7H2,1H3,(H,21,25). The third-order valence-corrected chi connectivity index (χ3v) is 5.11. The number of nitrogens with zero attached hydrogens (tertiary/aromatic N) is 2. The van der Waals surface area contributed by atoms with E-state index in [2.05, 4.69) is 38.4 Å². The summed E-state index contributed by atoms with van der Waals surface area (Å²) in [6.45, 7) is 0.367. The number of benzene rings is 1. The average Bonchev–Trinajstić information content (AvgIpc) is 3.14. The molecule has 0 saturated carbocycles. The van der Waals surface area contributed by atoms with Crippen molar-refractivity contribution in [1.29, 1.82) is 0 Å². The van der Waals surface area contributed by atoms with Crippen LogP contribution in [0.3, 0.4) is 0 Å². The molecule has 3 rings (SSSR count). The Morgan fingerprint density at radius 1 is 1.36 bits per heavy atom. The van der Waals surface area contributed by atoms with E-state index in [1.807, 2.05) is 6.07 Å². The maximum Gasteiger partial charge on any atom is 0.263 e. The van der Waals surface area contributed by atoms with Crippen molar-refractivity contribution in [1.82, 2.24) is 9.88 Å². The van der Waals surface area contributed by atoms with Crippen molar-refractivity contribution in [3.63, 3.8) is 0 Å². The normalized spacial score (nSPS) is 10.8. The fourth-order valence-electron chi connectivity index (χ4n) is 2.74. The molecule has 0 radical (unpaired) electrons. The molecular formula is C18H16ClIN4O4. The minimum atomic E-state index is -0.439. The summed E-state index contributed by atoms with van der Waals surface area (Å²) in [6.07, 6.45) is 1.77. The summed E-state index contributed by atoms with van der Waals surface area (Å²) in [5.74, 6) is -0.188. The first kappa shape index (κ1) is 20.3. The van der Waals surface area contributed by atoms with Crippen LogP contribution in [0.5, 0.6) is 0 Å². The van der Waals surface area contributed by atoms with E-state index in [4.69, 9.17) is 16.0 Å². The molecule has 3 aromatic rings. The molecule has 0 unspecified atom stereocenters. The van der Waals surface area contributed by atoms with Crippen LogP contribution < -0.4 is 16.2 Å². The Bertz CT molecular complexity index is 1110. The van der Waals surface area contributed by atoms with E-state index in [0.717, 1.165) is 3.57 Å². The van der Waals surface area contributed by atoms with E-state index in [1.54, 1.807) is 19.2 Å². The number of hydrogen-bond acceptors (Lipinski definition) is 6. The quantitative estimate of drug-likeness (QED) is 0.281. The molecule has 28 heavy (non-hydrogen) atoms. The highest BCUT2D eigenvalue weighted by atomic mass is 127. The second kappa shape index (κ2) is 8.74. The number of nitroso groups, excluding NO2 is 1. The smallest absolute Gasteiger partial charge is 0.263 e. The minimum absolute atomic E-state index is 0.104. The number of halogens is 2. The van der Waals surface area contributed by atoms with Crippen LogP contribution >= 0.6 is 34.2 Å². The number of pyridine rings is 1. The third kappa shape index (κ3) is 4.04. The van der Waals surface area contributed by atoms with Gasteiger partial charge in [0.1, 0.15) is 11.4 Å². The molecular weight excluding hydrogens is 499 g/mol. The minimum Gasteiger partial charge on any atom is -0.463 e. The highest BCUT2D eigenvalue weighted by molar-refractivity contribution is 14.1. The second-order valence-electron chi connectivity index (χ2n) is 5.96. The van der Waals surface area contributed by atoms with Crippen LogP contribution in [0.25, 0.3) is 11.0 Å². The first-order valence-electron chi connectivity index (χ1n) is 8.33. The van der Waals surface area contributed by atoms with Gasteiger partial charge < -0.3 is 15.1 Å². The molecule has 1 aromatic carbocycles. The van der Waals surface area contributed by atoms with Crippen LogP contribution in [-0.2, 0) is 7.05 Å². The zero-order valence-electron chi connectivity index (χ0n) is 14.8. The monoisotopic (exact) mass is 514 g/mol. The van der Waals surface area contributed by atoms with Crippen LogP contribution in [0.1, 0.15) is 16.8 Å². The largest absolute Gasteiger partial charge is 0.463 e. The predicted molar refractivity (Wildman–Crippen MR) is 117 cm³/mol. The number of fused-ring (bicyclic) bond motifs is 1. The van der Waals surface area contributed by atoms with Gasteiger partial charge in [0.05, 0.1) is 28.9 Å². The van der Waals surface area contributed by atoms with Crippen molar-refractivity contribution >= 4 is 62.6 Å². The summed E-state index contributed by atoms with van der Waals surface area (Å²) in [6, 6.07) is 6.90. The molecule has 10 heteroatoms. The number of nitrogens with one attached hydrogen (secondary N) is 2. The fourth-order valence-corrected chi connectivity index (χ4v) is 3.64. The van der Waals surface area contributed by atoms with Crippen molar-refractivity contribution in [3.05, 3.63) is 59.9 Å². The Labute approximate surface area is 178 Å². The Hall–Kier alpha value is -2.40. The molecule has 2 heterocycles. The number of aromatic nitrogens is 1. The highest BCUT2D eigenvalue weighted by Gasteiger charge is 2.23. The lowest BCUT2D eigenvalue weighted by molar-refractivity contribution is 0.0954. The average molecular weight is 515 g/mol. The van der Waals surface area contributed by atoms with Crippen LogP contribution in [0, 0.1) is 8.48 Å².